The third kappa shape index (κ3) is 4.29. The number of nitrogens with one attached hydrogen (secondary N) is 1. The zero-order chi connectivity index (χ0) is 20.4. The molecule has 2 aliphatic rings. The number of fused-ring (bicyclic) bond motifs is 1. The van der Waals surface area contributed by atoms with Crippen LogP contribution in [0.25, 0.3) is 0 Å². The van der Waals surface area contributed by atoms with Gasteiger partial charge in [0.05, 0.1) is 0 Å². The number of carbonyl (C=O) groups is 2. The zero-order valence-corrected chi connectivity index (χ0v) is 17.2. The van der Waals surface area contributed by atoms with E-state index in [1.807, 2.05) is 36.1 Å². The molecule has 2 aromatic rings. The van der Waals surface area contributed by atoms with Crippen LogP contribution in [-0.4, -0.2) is 24.5 Å². The highest BCUT2D eigenvalue weighted by atomic mass is 16.5. The van der Waals surface area contributed by atoms with Crippen molar-refractivity contribution in [3.63, 3.8) is 0 Å². The molecule has 0 spiro atoms. The first kappa shape index (κ1) is 19.5. The second-order valence-electron chi connectivity index (χ2n) is 8.04. The van der Waals surface area contributed by atoms with Gasteiger partial charge in [0.2, 0.25) is 5.91 Å². The molecule has 29 heavy (non-hydrogen) atoms. The molecule has 1 atom stereocenters. The maximum atomic E-state index is 12.6. The minimum absolute atomic E-state index is 0.164. The Morgan fingerprint density at radius 1 is 1.03 bits per heavy atom. The first-order valence-electron chi connectivity index (χ1n) is 10.5. The maximum absolute atomic E-state index is 12.6. The van der Waals surface area contributed by atoms with Crippen LogP contribution in [0, 0.1) is 6.92 Å². The molecule has 1 saturated heterocycles. The van der Waals surface area contributed by atoms with Crippen molar-refractivity contribution in [3.05, 3.63) is 53.1 Å². The van der Waals surface area contributed by atoms with E-state index in [0.717, 1.165) is 42.8 Å². The van der Waals surface area contributed by atoms with Gasteiger partial charge in [-0.2, -0.15) is 0 Å². The van der Waals surface area contributed by atoms with Gasteiger partial charge in [-0.15, -0.1) is 0 Å². The summed E-state index contributed by atoms with van der Waals surface area (Å²) >= 11 is 0. The Morgan fingerprint density at radius 3 is 2.55 bits per heavy atom. The molecule has 2 aromatic carbocycles. The third-order valence-electron chi connectivity index (χ3n) is 5.83. The van der Waals surface area contributed by atoms with Crippen LogP contribution in [0.15, 0.2) is 36.4 Å². The van der Waals surface area contributed by atoms with E-state index in [-0.39, 0.29) is 11.8 Å². The van der Waals surface area contributed by atoms with Crippen LogP contribution in [0.4, 0.5) is 11.4 Å². The van der Waals surface area contributed by atoms with Gasteiger partial charge in [0.15, 0.2) is 6.10 Å². The lowest BCUT2D eigenvalue weighted by Gasteiger charge is -2.20. The molecule has 1 aliphatic carbocycles. The average molecular weight is 392 g/mol. The standard InChI is InChI=1S/C24H28N2O3/c1-16-14-20(10-12-22(16)26-13-5-8-23(26)27)25-24(28)17(2)29-21-11-9-18-6-3-4-7-19(18)15-21/h9-12,14-15,17H,3-8,13H2,1-2H3,(H,25,28)/t17-/m1/s1. The van der Waals surface area contributed by atoms with E-state index in [2.05, 4.69) is 17.4 Å². The van der Waals surface area contributed by atoms with Crippen LogP contribution in [0.1, 0.15) is 49.3 Å². The normalized spacial score (nSPS) is 17.0. The zero-order valence-electron chi connectivity index (χ0n) is 17.2. The summed E-state index contributed by atoms with van der Waals surface area (Å²) in [4.78, 5) is 26.4. The summed E-state index contributed by atoms with van der Waals surface area (Å²) in [6, 6.07) is 11.8. The second-order valence-corrected chi connectivity index (χ2v) is 8.04. The number of benzene rings is 2. The molecule has 152 valence electrons. The van der Waals surface area contributed by atoms with Crippen molar-refractivity contribution >= 4 is 23.2 Å². The molecule has 0 aromatic heterocycles. The van der Waals surface area contributed by atoms with E-state index in [1.165, 1.54) is 24.0 Å². The lowest BCUT2D eigenvalue weighted by molar-refractivity contribution is -0.122. The minimum atomic E-state index is -0.600. The fraction of sp³-hybridized carbons (Fsp3) is 0.417. The van der Waals surface area contributed by atoms with Crippen molar-refractivity contribution in [1.82, 2.24) is 0 Å². The minimum Gasteiger partial charge on any atom is -0.481 e. The van der Waals surface area contributed by atoms with Crippen molar-refractivity contribution in [2.24, 2.45) is 0 Å². The van der Waals surface area contributed by atoms with Crippen LogP contribution in [-0.2, 0) is 22.4 Å². The van der Waals surface area contributed by atoms with Gasteiger partial charge in [0.25, 0.3) is 5.91 Å². The first-order chi connectivity index (χ1) is 14.0. The maximum Gasteiger partial charge on any atom is 0.265 e. The molecule has 1 fully saturated rings. The summed E-state index contributed by atoms with van der Waals surface area (Å²) in [6.45, 7) is 4.49. The number of nitrogens with zero attached hydrogens (tertiary/aromatic N) is 1. The van der Waals surface area contributed by atoms with Crippen molar-refractivity contribution < 1.29 is 14.3 Å². The molecule has 1 N–H and O–H groups in total. The van der Waals surface area contributed by atoms with Crippen molar-refractivity contribution in [2.45, 2.75) is 58.5 Å². The highest BCUT2D eigenvalue weighted by molar-refractivity contribution is 5.97. The van der Waals surface area contributed by atoms with Gasteiger partial charge in [-0.05, 0) is 93.0 Å². The Balaban J connectivity index is 1.39. The van der Waals surface area contributed by atoms with Crippen LogP contribution in [0.5, 0.6) is 5.75 Å². The number of aryl methyl sites for hydroxylation is 3. The topological polar surface area (TPSA) is 58.6 Å². The summed E-state index contributed by atoms with van der Waals surface area (Å²) in [5.74, 6) is 0.719. The fourth-order valence-corrected chi connectivity index (χ4v) is 4.22. The third-order valence-corrected chi connectivity index (χ3v) is 5.83. The predicted octanol–water partition coefficient (Wildman–Crippen LogP) is 4.41. The first-order valence-corrected chi connectivity index (χ1v) is 10.5. The monoisotopic (exact) mass is 392 g/mol. The lowest BCUT2D eigenvalue weighted by atomic mass is 9.92. The van der Waals surface area contributed by atoms with Gasteiger partial charge in [-0.3, -0.25) is 9.59 Å². The molecule has 1 aliphatic heterocycles. The Labute approximate surface area is 172 Å². The van der Waals surface area contributed by atoms with E-state index in [9.17, 15) is 9.59 Å². The van der Waals surface area contributed by atoms with Gasteiger partial charge < -0.3 is 15.0 Å². The highest BCUT2D eigenvalue weighted by Crippen LogP contribution is 2.28. The Kier molecular flexibility index (Phi) is 5.56. The van der Waals surface area contributed by atoms with Gasteiger partial charge in [-0.1, -0.05) is 6.07 Å². The largest absolute Gasteiger partial charge is 0.481 e. The van der Waals surface area contributed by atoms with Crippen molar-refractivity contribution in [3.8, 4) is 5.75 Å². The Bertz CT molecular complexity index is 938. The van der Waals surface area contributed by atoms with Crippen LogP contribution >= 0.6 is 0 Å². The van der Waals surface area contributed by atoms with Crippen molar-refractivity contribution in [1.29, 1.82) is 0 Å². The summed E-state index contributed by atoms with van der Waals surface area (Å²) in [5, 5.41) is 2.93. The van der Waals surface area contributed by atoms with E-state index in [4.69, 9.17) is 4.74 Å². The summed E-state index contributed by atoms with van der Waals surface area (Å²) in [6.07, 6.45) is 5.57. The van der Waals surface area contributed by atoms with Gasteiger partial charge in [-0.25, -0.2) is 0 Å². The van der Waals surface area contributed by atoms with Crippen LogP contribution < -0.4 is 15.0 Å². The molecule has 2 amide bonds. The number of anilines is 2. The van der Waals surface area contributed by atoms with E-state index >= 15 is 0 Å². The molecule has 5 heteroatoms. The second kappa shape index (κ2) is 8.27. The van der Waals surface area contributed by atoms with Gasteiger partial charge >= 0.3 is 0 Å². The van der Waals surface area contributed by atoms with E-state index in [1.54, 1.807) is 6.92 Å². The summed E-state index contributed by atoms with van der Waals surface area (Å²) < 4.78 is 5.90. The summed E-state index contributed by atoms with van der Waals surface area (Å²) in [7, 11) is 0. The smallest absolute Gasteiger partial charge is 0.265 e. The number of rotatable bonds is 5. The summed E-state index contributed by atoms with van der Waals surface area (Å²) in [5.41, 5.74) is 5.34. The Morgan fingerprint density at radius 2 is 1.83 bits per heavy atom. The number of ether oxygens (including phenoxy) is 1. The van der Waals surface area contributed by atoms with Crippen molar-refractivity contribution in [2.75, 3.05) is 16.8 Å². The highest BCUT2D eigenvalue weighted by Gasteiger charge is 2.23. The molecule has 0 radical (unpaired) electrons. The molecular weight excluding hydrogens is 364 g/mol. The SMILES string of the molecule is Cc1cc(NC(=O)[C@@H](C)Oc2ccc3c(c2)CCCC3)ccc1N1CCCC1=O. The molecule has 0 bridgehead atoms. The molecule has 0 unspecified atom stereocenters. The Hall–Kier alpha value is -2.82. The molecule has 5 nitrogen and oxygen atoms in total. The van der Waals surface area contributed by atoms with Crippen LogP contribution in [0.2, 0.25) is 0 Å². The average Bonchev–Trinajstić information content (AvgIpc) is 3.13. The fourth-order valence-electron chi connectivity index (χ4n) is 4.22. The predicted molar refractivity (Wildman–Crippen MR) is 115 cm³/mol. The van der Waals surface area contributed by atoms with Gasteiger partial charge in [0.1, 0.15) is 5.75 Å². The van der Waals surface area contributed by atoms with E-state index in [0.29, 0.717) is 12.1 Å². The lowest BCUT2D eigenvalue weighted by Crippen LogP contribution is -2.30. The molecule has 1 heterocycles. The number of carbonyl (C=O) groups excluding carboxylic acids is 2. The molecular formula is C24H28N2O3. The van der Waals surface area contributed by atoms with E-state index < -0.39 is 6.10 Å². The van der Waals surface area contributed by atoms with Crippen LogP contribution in [0.3, 0.4) is 0 Å². The molecule has 0 saturated carbocycles. The van der Waals surface area contributed by atoms with Gasteiger partial charge in [0, 0.05) is 24.3 Å². The quantitative estimate of drug-likeness (QED) is 0.820. The number of amides is 2. The number of hydrogen-bond acceptors (Lipinski definition) is 3. The molecule has 4 rings (SSSR count). The number of hydrogen-bond donors (Lipinski definition) is 1.